The first-order chi connectivity index (χ1) is 9.00. The van der Waals surface area contributed by atoms with E-state index in [9.17, 15) is 14.7 Å². The molecule has 1 aliphatic heterocycles. The number of aliphatic carboxylic acids is 1. The number of carbonyl (C=O) groups is 2. The first kappa shape index (κ1) is 14.1. The van der Waals surface area contributed by atoms with Gasteiger partial charge in [0.05, 0.1) is 12.0 Å². The van der Waals surface area contributed by atoms with Crippen LogP contribution in [0.25, 0.3) is 0 Å². The van der Waals surface area contributed by atoms with Gasteiger partial charge < -0.3 is 10.0 Å². The Bertz CT molecular complexity index is 455. The molecule has 1 saturated heterocycles. The van der Waals surface area contributed by atoms with E-state index in [1.807, 2.05) is 31.4 Å². The van der Waals surface area contributed by atoms with Crippen molar-refractivity contribution in [3.8, 4) is 0 Å². The van der Waals surface area contributed by atoms with Crippen molar-refractivity contribution in [2.45, 2.75) is 32.7 Å². The van der Waals surface area contributed by atoms with Crippen LogP contribution in [0.15, 0.2) is 17.5 Å². The molecule has 0 bridgehead atoms. The Morgan fingerprint density at radius 3 is 2.84 bits per heavy atom. The molecular weight excluding hydrogens is 262 g/mol. The Labute approximate surface area is 117 Å². The number of hydrogen-bond donors (Lipinski definition) is 1. The van der Waals surface area contributed by atoms with Crippen LogP contribution in [0.1, 0.15) is 37.6 Å². The molecule has 0 aliphatic carbocycles. The van der Waals surface area contributed by atoms with Gasteiger partial charge in [0.1, 0.15) is 0 Å². The monoisotopic (exact) mass is 281 g/mol. The predicted octanol–water partition coefficient (Wildman–Crippen LogP) is 2.77. The molecule has 1 amide bonds. The van der Waals surface area contributed by atoms with Crippen molar-refractivity contribution in [1.82, 2.24) is 4.90 Å². The minimum Gasteiger partial charge on any atom is -0.481 e. The quantitative estimate of drug-likeness (QED) is 0.923. The molecule has 1 aromatic heterocycles. The van der Waals surface area contributed by atoms with Crippen LogP contribution in [0.4, 0.5) is 0 Å². The van der Waals surface area contributed by atoms with Crippen molar-refractivity contribution in [2.24, 2.45) is 11.8 Å². The highest BCUT2D eigenvalue weighted by atomic mass is 32.1. The number of carboxylic acid groups (broad SMARTS) is 1. The third kappa shape index (κ3) is 2.97. The van der Waals surface area contributed by atoms with Crippen molar-refractivity contribution >= 4 is 23.2 Å². The molecule has 1 aromatic rings. The van der Waals surface area contributed by atoms with Crippen LogP contribution in [-0.2, 0) is 9.59 Å². The zero-order valence-corrected chi connectivity index (χ0v) is 12.0. The molecule has 0 saturated carbocycles. The molecule has 104 valence electrons. The lowest BCUT2D eigenvalue weighted by molar-refractivity contribution is -0.152. The second-order valence-electron chi connectivity index (χ2n) is 5.38. The van der Waals surface area contributed by atoms with Crippen LogP contribution >= 0.6 is 11.3 Å². The molecule has 1 aliphatic rings. The van der Waals surface area contributed by atoms with Gasteiger partial charge in [-0.1, -0.05) is 19.9 Å². The van der Waals surface area contributed by atoms with Gasteiger partial charge in [-0.3, -0.25) is 9.59 Å². The Morgan fingerprint density at radius 2 is 2.32 bits per heavy atom. The number of likely N-dealkylation sites (tertiary alicyclic amines) is 1. The average molecular weight is 281 g/mol. The lowest BCUT2D eigenvalue weighted by Gasteiger charge is -2.40. The van der Waals surface area contributed by atoms with E-state index in [2.05, 4.69) is 0 Å². The van der Waals surface area contributed by atoms with E-state index >= 15 is 0 Å². The summed E-state index contributed by atoms with van der Waals surface area (Å²) in [5.74, 6) is -0.890. The Hall–Kier alpha value is -1.36. The highest BCUT2D eigenvalue weighted by Crippen LogP contribution is 2.39. The third-order valence-electron chi connectivity index (χ3n) is 3.42. The molecule has 1 N–H and O–H groups in total. The van der Waals surface area contributed by atoms with Crippen molar-refractivity contribution < 1.29 is 14.7 Å². The van der Waals surface area contributed by atoms with Gasteiger partial charge in [0.25, 0.3) is 0 Å². The van der Waals surface area contributed by atoms with Crippen LogP contribution in [0, 0.1) is 11.8 Å². The molecule has 2 rings (SSSR count). The lowest BCUT2D eigenvalue weighted by atomic mass is 9.87. The second-order valence-corrected chi connectivity index (χ2v) is 6.36. The van der Waals surface area contributed by atoms with Gasteiger partial charge in [-0.05, 0) is 23.8 Å². The summed E-state index contributed by atoms with van der Waals surface area (Å²) in [6.45, 7) is 4.71. The molecule has 0 spiro atoms. The maximum atomic E-state index is 12.1. The first-order valence-corrected chi connectivity index (χ1v) is 7.44. The van der Waals surface area contributed by atoms with E-state index < -0.39 is 11.9 Å². The SMILES string of the molecule is CC(C)CN1C(=O)CCC(C(=O)O)C1c1cccs1. The van der Waals surface area contributed by atoms with Crippen LogP contribution < -0.4 is 0 Å². The van der Waals surface area contributed by atoms with Crippen molar-refractivity contribution in [1.29, 1.82) is 0 Å². The van der Waals surface area contributed by atoms with Gasteiger partial charge in [0.2, 0.25) is 5.91 Å². The molecule has 1 fully saturated rings. The summed E-state index contributed by atoms with van der Waals surface area (Å²) >= 11 is 1.53. The van der Waals surface area contributed by atoms with E-state index in [1.54, 1.807) is 4.90 Å². The summed E-state index contributed by atoms with van der Waals surface area (Å²) in [7, 11) is 0. The molecular formula is C14H19NO3S. The summed E-state index contributed by atoms with van der Waals surface area (Å²) in [6.07, 6.45) is 0.775. The zero-order valence-electron chi connectivity index (χ0n) is 11.2. The summed E-state index contributed by atoms with van der Waals surface area (Å²) in [6, 6.07) is 3.53. The number of nitrogens with zero attached hydrogens (tertiary/aromatic N) is 1. The van der Waals surface area contributed by atoms with Gasteiger partial charge in [-0.25, -0.2) is 0 Å². The summed E-state index contributed by atoms with van der Waals surface area (Å²) in [5, 5.41) is 11.3. The molecule has 2 heterocycles. The summed E-state index contributed by atoms with van der Waals surface area (Å²) in [5.41, 5.74) is 0. The predicted molar refractivity (Wildman–Crippen MR) is 74.0 cm³/mol. The molecule has 4 nitrogen and oxygen atoms in total. The molecule has 19 heavy (non-hydrogen) atoms. The van der Waals surface area contributed by atoms with E-state index in [0.29, 0.717) is 25.3 Å². The van der Waals surface area contributed by atoms with Gasteiger partial charge in [0, 0.05) is 17.8 Å². The molecule has 2 atom stereocenters. The number of rotatable bonds is 4. The van der Waals surface area contributed by atoms with E-state index in [-0.39, 0.29) is 11.9 Å². The highest BCUT2D eigenvalue weighted by Gasteiger charge is 2.41. The van der Waals surface area contributed by atoms with Gasteiger partial charge in [0.15, 0.2) is 0 Å². The van der Waals surface area contributed by atoms with Crippen LogP contribution in [0.2, 0.25) is 0 Å². The third-order valence-corrected chi connectivity index (χ3v) is 4.36. The van der Waals surface area contributed by atoms with Gasteiger partial charge >= 0.3 is 5.97 Å². The van der Waals surface area contributed by atoms with Crippen molar-refractivity contribution in [3.05, 3.63) is 22.4 Å². The molecule has 0 radical (unpaired) electrons. The van der Waals surface area contributed by atoms with Crippen molar-refractivity contribution in [2.75, 3.05) is 6.54 Å². The summed E-state index contributed by atoms with van der Waals surface area (Å²) < 4.78 is 0. The topological polar surface area (TPSA) is 57.6 Å². The number of carbonyl (C=O) groups excluding carboxylic acids is 1. The first-order valence-electron chi connectivity index (χ1n) is 6.56. The highest BCUT2D eigenvalue weighted by molar-refractivity contribution is 7.10. The fourth-order valence-electron chi connectivity index (χ4n) is 2.63. The number of thiophene rings is 1. The average Bonchev–Trinajstić information content (AvgIpc) is 2.84. The minimum absolute atomic E-state index is 0.0737. The largest absolute Gasteiger partial charge is 0.481 e. The standard InChI is InChI=1S/C14H19NO3S/c1-9(2)8-15-12(16)6-5-10(14(17)18)13(15)11-4-3-7-19-11/h3-4,7,9-10,13H,5-6,8H2,1-2H3,(H,17,18). The number of amides is 1. The van der Waals surface area contributed by atoms with Gasteiger partial charge in [-0.15, -0.1) is 11.3 Å². The Morgan fingerprint density at radius 1 is 1.58 bits per heavy atom. The number of hydrogen-bond acceptors (Lipinski definition) is 3. The normalized spacial score (nSPS) is 23.9. The maximum absolute atomic E-state index is 12.1. The van der Waals surface area contributed by atoms with Crippen LogP contribution in [0.5, 0.6) is 0 Å². The van der Waals surface area contributed by atoms with E-state index in [1.165, 1.54) is 11.3 Å². The fraction of sp³-hybridized carbons (Fsp3) is 0.571. The molecule has 2 unspecified atom stereocenters. The number of piperidine rings is 1. The smallest absolute Gasteiger partial charge is 0.308 e. The minimum atomic E-state index is -0.806. The maximum Gasteiger partial charge on any atom is 0.308 e. The van der Waals surface area contributed by atoms with E-state index in [4.69, 9.17) is 0 Å². The Balaban J connectivity index is 2.35. The zero-order chi connectivity index (χ0) is 14.0. The van der Waals surface area contributed by atoms with Crippen LogP contribution in [-0.4, -0.2) is 28.4 Å². The molecule has 5 heteroatoms. The second kappa shape index (κ2) is 5.74. The van der Waals surface area contributed by atoms with E-state index in [0.717, 1.165) is 4.88 Å². The summed E-state index contributed by atoms with van der Waals surface area (Å²) in [4.78, 5) is 26.3. The fourth-order valence-corrected chi connectivity index (χ4v) is 3.53. The number of carboxylic acids is 1. The van der Waals surface area contributed by atoms with Crippen LogP contribution in [0.3, 0.4) is 0 Å². The Kier molecular flexibility index (Phi) is 4.24. The lowest BCUT2D eigenvalue weighted by Crippen LogP contribution is -2.46. The van der Waals surface area contributed by atoms with Gasteiger partial charge in [-0.2, -0.15) is 0 Å². The van der Waals surface area contributed by atoms with Crippen molar-refractivity contribution in [3.63, 3.8) is 0 Å². The molecule has 0 aromatic carbocycles.